The zero-order chi connectivity index (χ0) is 9.10. The van der Waals surface area contributed by atoms with Gasteiger partial charge in [-0.2, -0.15) is 0 Å². The van der Waals surface area contributed by atoms with Crippen LogP contribution in [0.1, 0.15) is 32.1 Å². The average Bonchev–Trinajstić information content (AvgIpc) is 2.72. The Balaban J connectivity index is 1.69. The molecular weight excluding hydrogens is 164 g/mol. The Morgan fingerprint density at radius 3 is 2.77 bits per heavy atom. The van der Waals surface area contributed by atoms with Crippen molar-refractivity contribution in [2.24, 2.45) is 5.92 Å². The molecule has 13 heavy (non-hydrogen) atoms. The normalized spacial score (nSPS) is 24.0. The molecule has 0 aromatic heterocycles. The van der Waals surface area contributed by atoms with Crippen LogP contribution in [-0.4, -0.2) is 30.6 Å². The summed E-state index contributed by atoms with van der Waals surface area (Å²) in [5, 5.41) is 3.85. The maximum Gasteiger partial charge on any atom is 0.339 e. The van der Waals surface area contributed by atoms with Crippen molar-refractivity contribution in [2.45, 2.75) is 32.1 Å². The van der Waals surface area contributed by atoms with Gasteiger partial charge in [0.2, 0.25) is 0 Å². The number of carbonyl (C=O) groups is 1. The fraction of sp³-hybridized carbons (Fsp3) is 0.900. The summed E-state index contributed by atoms with van der Waals surface area (Å²) >= 11 is 0. The lowest BCUT2D eigenvalue weighted by Gasteiger charge is -2.16. The van der Waals surface area contributed by atoms with E-state index in [1.807, 2.05) is 4.90 Å². The Kier molecular flexibility index (Phi) is 2.71. The van der Waals surface area contributed by atoms with Crippen molar-refractivity contribution in [3.63, 3.8) is 0 Å². The van der Waals surface area contributed by atoms with E-state index in [4.69, 9.17) is 0 Å². The lowest BCUT2D eigenvalue weighted by Crippen LogP contribution is -2.27. The minimum Gasteiger partial charge on any atom is -0.321 e. The molecule has 0 N–H and O–H groups in total. The van der Waals surface area contributed by atoms with Gasteiger partial charge in [-0.1, -0.05) is 25.7 Å². The predicted molar refractivity (Wildman–Crippen MR) is 50.5 cm³/mol. The van der Waals surface area contributed by atoms with Crippen LogP contribution in [-0.2, 0) is 0 Å². The van der Waals surface area contributed by atoms with Crippen LogP contribution in [0.5, 0.6) is 0 Å². The second kappa shape index (κ2) is 3.99. The van der Waals surface area contributed by atoms with Gasteiger partial charge in [-0.3, -0.25) is 0 Å². The van der Waals surface area contributed by atoms with Gasteiger partial charge in [0.05, 0.1) is 6.54 Å². The Labute approximate surface area is 79.5 Å². The summed E-state index contributed by atoms with van der Waals surface area (Å²) in [4.78, 5) is 13.0. The summed E-state index contributed by atoms with van der Waals surface area (Å²) in [7, 11) is 0. The molecule has 1 aliphatic carbocycles. The van der Waals surface area contributed by atoms with Gasteiger partial charge >= 0.3 is 6.03 Å². The van der Waals surface area contributed by atoms with Gasteiger partial charge in [-0.05, 0) is 12.3 Å². The number of nitrogens with zero attached hydrogens (tertiary/aromatic N) is 2. The monoisotopic (exact) mass is 181 g/mol. The Morgan fingerprint density at radius 2 is 2.15 bits per heavy atom. The van der Waals surface area contributed by atoms with Crippen molar-refractivity contribution in [3.8, 4) is 0 Å². The number of hydrogen-bond donors (Lipinski definition) is 0. The minimum atomic E-state index is 0.0120. The first-order valence-corrected chi connectivity index (χ1v) is 5.32. The molecule has 1 heterocycles. The maximum atomic E-state index is 11.1. The zero-order valence-electron chi connectivity index (χ0n) is 8.04. The fourth-order valence-electron chi connectivity index (χ4n) is 2.31. The van der Waals surface area contributed by atoms with Crippen LogP contribution >= 0.6 is 0 Å². The first-order valence-electron chi connectivity index (χ1n) is 5.32. The molecule has 1 saturated carbocycles. The molecule has 0 atom stereocenters. The predicted octanol–water partition coefficient (Wildman–Crippen LogP) is 1.61. The second-order valence-electron chi connectivity index (χ2n) is 4.09. The molecule has 0 aromatic carbocycles. The third-order valence-corrected chi connectivity index (χ3v) is 3.17. The summed E-state index contributed by atoms with van der Waals surface area (Å²) < 4.78 is 0. The molecule has 2 aliphatic rings. The van der Waals surface area contributed by atoms with E-state index in [1.54, 1.807) is 0 Å². The lowest BCUT2D eigenvalue weighted by atomic mass is 10.0. The largest absolute Gasteiger partial charge is 0.339 e. The molecule has 0 bridgehead atoms. The molecule has 1 aliphatic heterocycles. The molecule has 0 unspecified atom stereocenters. The standard InChI is InChI=1S/C10H17N2O/c13-10-11-6-8-12(10)7-5-9-3-1-2-4-9/h9H,1-8H2. The number of urea groups is 1. The van der Waals surface area contributed by atoms with E-state index < -0.39 is 0 Å². The highest BCUT2D eigenvalue weighted by molar-refractivity contribution is 5.75. The van der Waals surface area contributed by atoms with E-state index in [2.05, 4.69) is 5.32 Å². The second-order valence-corrected chi connectivity index (χ2v) is 4.09. The molecule has 0 spiro atoms. The summed E-state index contributed by atoms with van der Waals surface area (Å²) in [6, 6.07) is 0.0120. The van der Waals surface area contributed by atoms with Gasteiger partial charge in [0, 0.05) is 13.1 Å². The van der Waals surface area contributed by atoms with Crippen LogP contribution in [0.3, 0.4) is 0 Å². The quantitative estimate of drug-likeness (QED) is 0.651. The Bertz CT molecular complexity index is 187. The first-order chi connectivity index (χ1) is 6.36. The molecule has 1 saturated heterocycles. The van der Waals surface area contributed by atoms with Gasteiger partial charge in [0.1, 0.15) is 0 Å². The summed E-state index contributed by atoms with van der Waals surface area (Å²) in [5.41, 5.74) is 0. The third-order valence-electron chi connectivity index (χ3n) is 3.17. The van der Waals surface area contributed by atoms with Gasteiger partial charge in [-0.15, -0.1) is 0 Å². The van der Waals surface area contributed by atoms with E-state index >= 15 is 0 Å². The maximum absolute atomic E-state index is 11.1. The summed E-state index contributed by atoms with van der Waals surface area (Å²) in [6.07, 6.45) is 6.73. The SMILES string of the molecule is O=C1[N]CCN1CCC1CCCC1. The Morgan fingerprint density at radius 1 is 1.38 bits per heavy atom. The first kappa shape index (κ1) is 8.85. The third kappa shape index (κ3) is 2.14. The zero-order valence-corrected chi connectivity index (χ0v) is 8.04. The van der Waals surface area contributed by atoms with Crippen LogP contribution in [0.4, 0.5) is 4.79 Å². The molecule has 2 fully saturated rings. The van der Waals surface area contributed by atoms with Crippen LogP contribution in [0.25, 0.3) is 0 Å². The minimum absolute atomic E-state index is 0.0120. The molecule has 0 aromatic rings. The lowest BCUT2D eigenvalue weighted by molar-refractivity contribution is 0.213. The van der Waals surface area contributed by atoms with Crippen molar-refractivity contribution >= 4 is 6.03 Å². The van der Waals surface area contributed by atoms with E-state index in [9.17, 15) is 4.79 Å². The van der Waals surface area contributed by atoms with Gasteiger partial charge in [-0.25, -0.2) is 10.1 Å². The smallest absolute Gasteiger partial charge is 0.321 e. The number of hydrogen-bond acceptors (Lipinski definition) is 1. The van der Waals surface area contributed by atoms with Crippen molar-refractivity contribution in [2.75, 3.05) is 19.6 Å². The van der Waals surface area contributed by atoms with Gasteiger partial charge < -0.3 is 4.90 Å². The fourth-order valence-corrected chi connectivity index (χ4v) is 2.31. The van der Waals surface area contributed by atoms with Gasteiger partial charge in [0.15, 0.2) is 0 Å². The molecule has 1 radical (unpaired) electrons. The van der Waals surface area contributed by atoms with Crippen LogP contribution in [0.15, 0.2) is 0 Å². The summed E-state index contributed by atoms with van der Waals surface area (Å²) in [6.45, 7) is 2.50. The van der Waals surface area contributed by atoms with E-state index in [0.29, 0.717) is 6.54 Å². The molecule has 2 rings (SSSR count). The number of amides is 2. The van der Waals surface area contributed by atoms with Crippen molar-refractivity contribution in [1.82, 2.24) is 10.2 Å². The van der Waals surface area contributed by atoms with Crippen LogP contribution in [0, 0.1) is 5.92 Å². The van der Waals surface area contributed by atoms with Crippen molar-refractivity contribution in [3.05, 3.63) is 0 Å². The van der Waals surface area contributed by atoms with E-state index in [-0.39, 0.29) is 6.03 Å². The molecule has 73 valence electrons. The van der Waals surface area contributed by atoms with Crippen molar-refractivity contribution < 1.29 is 4.79 Å². The number of carbonyl (C=O) groups excluding carboxylic acids is 1. The molecule has 2 amide bonds. The molecular formula is C10H17N2O. The highest BCUT2D eigenvalue weighted by atomic mass is 16.2. The Hall–Kier alpha value is -0.730. The summed E-state index contributed by atoms with van der Waals surface area (Å²) in [5.74, 6) is 0.883. The van der Waals surface area contributed by atoms with Gasteiger partial charge in [0.25, 0.3) is 0 Å². The van der Waals surface area contributed by atoms with Crippen molar-refractivity contribution in [1.29, 1.82) is 0 Å². The molecule has 3 nitrogen and oxygen atoms in total. The van der Waals surface area contributed by atoms with E-state index in [1.165, 1.54) is 32.1 Å². The highest BCUT2D eigenvalue weighted by Crippen LogP contribution is 2.27. The average molecular weight is 181 g/mol. The molecule has 3 heteroatoms. The number of rotatable bonds is 3. The van der Waals surface area contributed by atoms with Crippen LogP contribution in [0.2, 0.25) is 0 Å². The van der Waals surface area contributed by atoms with E-state index in [0.717, 1.165) is 19.0 Å². The van der Waals surface area contributed by atoms with Crippen LogP contribution < -0.4 is 5.32 Å². The highest BCUT2D eigenvalue weighted by Gasteiger charge is 2.23. The topological polar surface area (TPSA) is 34.4 Å².